The summed E-state index contributed by atoms with van der Waals surface area (Å²) in [6.07, 6.45) is 0. The third kappa shape index (κ3) is 3.62. The molecule has 0 spiro atoms. The zero-order chi connectivity index (χ0) is 15.6. The first-order chi connectivity index (χ1) is 9.81. The number of thiophene rings is 1. The maximum absolute atomic E-state index is 12.1. The number of aromatic hydroxyl groups is 1. The van der Waals surface area contributed by atoms with E-state index in [9.17, 15) is 18.3 Å². The van der Waals surface area contributed by atoms with Crippen molar-refractivity contribution >= 4 is 43.3 Å². The van der Waals surface area contributed by atoms with Crippen LogP contribution in [0.1, 0.15) is 15.2 Å². The number of halogens is 1. The predicted octanol–water partition coefficient (Wildman–Crippen LogP) is 2.39. The summed E-state index contributed by atoms with van der Waals surface area (Å²) in [7, 11) is -3.86. The van der Waals surface area contributed by atoms with Gasteiger partial charge in [-0.1, -0.05) is 0 Å². The third-order valence-corrected chi connectivity index (χ3v) is 5.95. The molecule has 0 aliphatic rings. The van der Waals surface area contributed by atoms with Crippen molar-refractivity contribution in [1.82, 2.24) is 4.72 Å². The average molecular weight is 392 g/mol. The molecule has 1 aromatic heterocycles. The lowest BCUT2D eigenvalue weighted by Gasteiger charge is -2.08. The number of carbonyl (C=O) groups is 1. The topological polar surface area (TPSA) is 104 Å². The Kier molecular flexibility index (Phi) is 4.67. The summed E-state index contributed by atoms with van der Waals surface area (Å²) < 4.78 is 27.4. The standard InChI is InChI=1S/C12H10BrNO5S2/c13-9-3-4-20-11(9)6-14-21(18,19)7-1-2-10(15)8(5-7)12(16)17/h1-5,14-15H,6H2,(H,16,17). The largest absolute Gasteiger partial charge is 0.507 e. The molecule has 0 saturated carbocycles. The molecule has 0 radical (unpaired) electrons. The van der Waals surface area contributed by atoms with Crippen molar-refractivity contribution in [3.05, 3.63) is 44.6 Å². The van der Waals surface area contributed by atoms with E-state index in [1.165, 1.54) is 11.3 Å². The monoisotopic (exact) mass is 391 g/mol. The smallest absolute Gasteiger partial charge is 0.339 e. The number of aromatic carboxylic acids is 1. The van der Waals surface area contributed by atoms with Gasteiger partial charge < -0.3 is 10.2 Å². The molecule has 2 aromatic rings. The zero-order valence-electron chi connectivity index (χ0n) is 10.4. The maximum atomic E-state index is 12.1. The fraction of sp³-hybridized carbons (Fsp3) is 0.0833. The van der Waals surface area contributed by atoms with Crippen LogP contribution in [0.5, 0.6) is 5.75 Å². The van der Waals surface area contributed by atoms with Crippen LogP contribution in [0.3, 0.4) is 0 Å². The second-order valence-electron chi connectivity index (χ2n) is 4.00. The fourth-order valence-electron chi connectivity index (χ4n) is 1.55. The number of hydrogen-bond acceptors (Lipinski definition) is 5. The summed E-state index contributed by atoms with van der Waals surface area (Å²) in [6, 6.07) is 4.91. The molecule has 0 atom stereocenters. The molecular formula is C12H10BrNO5S2. The highest BCUT2D eigenvalue weighted by Gasteiger charge is 2.19. The van der Waals surface area contributed by atoms with Gasteiger partial charge >= 0.3 is 5.97 Å². The zero-order valence-corrected chi connectivity index (χ0v) is 13.6. The van der Waals surface area contributed by atoms with E-state index in [2.05, 4.69) is 20.7 Å². The molecule has 0 fully saturated rings. The highest BCUT2D eigenvalue weighted by atomic mass is 79.9. The van der Waals surface area contributed by atoms with Crippen molar-refractivity contribution in [2.75, 3.05) is 0 Å². The number of nitrogens with one attached hydrogen (secondary N) is 1. The van der Waals surface area contributed by atoms with Crippen molar-refractivity contribution in [2.45, 2.75) is 11.4 Å². The minimum absolute atomic E-state index is 0.0872. The fourth-order valence-corrected chi connectivity index (χ4v) is 4.09. The SMILES string of the molecule is O=C(O)c1cc(S(=O)(=O)NCc2sccc2Br)ccc1O. The lowest BCUT2D eigenvalue weighted by molar-refractivity contribution is 0.0693. The lowest BCUT2D eigenvalue weighted by atomic mass is 10.2. The van der Waals surface area contributed by atoms with Gasteiger partial charge in [0.2, 0.25) is 10.0 Å². The molecule has 0 aliphatic carbocycles. The first kappa shape index (κ1) is 16.0. The summed E-state index contributed by atoms with van der Waals surface area (Å²) in [5, 5.41) is 20.1. The van der Waals surface area contributed by atoms with E-state index in [0.29, 0.717) is 0 Å². The van der Waals surface area contributed by atoms with Crippen molar-refractivity contribution in [1.29, 1.82) is 0 Å². The lowest BCUT2D eigenvalue weighted by Crippen LogP contribution is -2.23. The van der Waals surface area contributed by atoms with Gasteiger partial charge in [0, 0.05) is 15.9 Å². The molecule has 1 aromatic carbocycles. The van der Waals surface area contributed by atoms with Gasteiger partial charge in [0.1, 0.15) is 11.3 Å². The molecule has 0 aliphatic heterocycles. The van der Waals surface area contributed by atoms with E-state index >= 15 is 0 Å². The first-order valence-electron chi connectivity index (χ1n) is 5.59. The van der Waals surface area contributed by atoms with E-state index in [1.807, 2.05) is 5.38 Å². The molecule has 112 valence electrons. The summed E-state index contributed by atoms with van der Waals surface area (Å²) in [5.74, 6) is -1.88. The molecule has 0 bridgehead atoms. The molecule has 3 N–H and O–H groups in total. The molecule has 21 heavy (non-hydrogen) atoms. The van der Waals surface area contributed by atoms with Crippen LogP contribution < -0.4 is 4.72 Å². The number of phenols is 1. The number of sulfonamides is 1. The Morgan fingerprint density at radius 1 is 1.33 bits per heavy atom. The van der Waals surface area contributed by atoms with Crippen molar-refractivity contribution in [3.63, 3.8) is 0 Å². The average Bonchev–Trinajstić information content (AvgIpc) is 2.82. The van der Waals surface area contributed by atoms with Gasteiger partial charge in [-0.25, -0.2) is 17.9 Å². The normalized spacial score (nSPS) is 11.5. The van der Waals surface area contributed by atoms with E-state index in [1.54, 1.807) is 6.07 Å². The van der Waals surface area contributed by atoms with Gasteiger partial charge in [0.15, 0.2) is 0 Å². The van der Waals surface area contributed by atoms with Gasteiger partial charge in [-0.05, 0) is 45.6 Å². The summed E-state index contributed by atoms with van der Waals surface area (Å²) in [4.78, 5) is 11.5. The van der Waals surface area contributed by atoms with Crippen LogP contribution >= 0.6 is 27.3 Å². The van der Waals surface area contributed by atoms with Crippen molar-refractivity contribution in [3.8, 4) is 5.75 Å². The highest BCUT2D eigenvalue weighted by molar-refractivity contribution is 9.10. The number of hydrogen-bond donors (Lipinski definition) is 3. The molecule has 0 unspecified atom stereocenters. The predicted molar refractivity (Wildman–Crippen MR) is 81.1 cm³/mol. The van der Waals surface area contributed by atoms with Crippen molar-refractivity contribution in [2.24, 2.45) is 0 Å². The number of rotatable bonds is 5. The van der Waals surface area contributed by atoms with Crippen LogP contribution in [-0.2, 0) is 16.6 Å². The Balaban J connectivity index is 2.26. The highest BCUT2D eigenvalue weighted by Crippen LogP contribution is 2.24. The summed E-state index contributed by atoms with van der Waals surface area (Å²) in [6.45, 7) is 0.0872. The quantitative estimate of drug-likeness (QED) is 0.725. The van der Waals surface area contributed by atoms with Gasteiger partial charge in [-0.3, -0.25) is 0 Å². The number of carboxylic acid groups (broad SMARTS) is 1. The second-order valence-corrected chi connectivity index (χ2v) is 7.62. The van der Waals surface area contributed by atoms with E-state index < -0.39 is 27.3 Å². The number of carboxylic acids is 1. The van der Waals surface area contributed by atoms with Gasteiger partial charge in [0.05, 0.1) is 4.90 Å². The Morgan fingerprint density at radius 3 is 2.62 bits per heavy atom. The molecule has 6 nitrogen and oxygen atoms in total. The molecular weight excluding hydrogens is 382 g/mol. The Bertz CT molecular complexity index is 785. The van der Waals surface area contributed by atoms with Crippen molar-refractivity contribution < 1.29 is 23.4 Å². The number of benzene rings is 1. The Hall–Kier alpha value is -1.42. The summed E-state index contributed by atoms with van der Waals surface area (Å²) in [5.41, 5.74) is -0.463. The molecule has 1 heterocycles. The third-order valence-electron chi connectivity index (χ3n) is 2.62. The molecule has 0 amide bonds. The van der Waals surface area contributed by atoms with Crippen LogP contribution in [0.15, 0.2) is 39.0 Å². The van der Waals surface area contributed by atoms with Crippen LogP contribution in [0.25, 0.3) is 0 Å². The first-order valence-corrected chi connectivity index (χ1v) is 8.74. The van der Waals surface area contributed by atoms with Crippen LogP contribution in [0.2, 0.25) is 0 Å². The summed E-state index contributed by atoms with van der Waals surface area (Å²) >= 11 is 4.68. The van der Waals surface area contributed by atoms with E-state index in [-0.39, 0.29) is 11.4 Å². The van der Waals surface area contributed by atoms with Crippen LogP contribution in [0.4, 0.5) is 0 Å². The van der Waals surface area contributed by atoms with E-state index in [4.69, 9.17) is 5.11 Å². The van der Waals surface area contributed by atoms with Gasteiger partial charge in [0.25, 0.3) is 0 Å². The Labute approximate surface area is 133 Å². The van der Waals surface area contributed by atoms with Gasteiger partial charge in [-0.15, -0.1) is 11.3 Å². The van der Waals surface area contributed by atoms with Gasteiger partial charge in [-0.2, -0.15) is 0 Å². The maximum Gasteiger partial charge on any atom is 0.339 e. The van der Waals surface area contributed by atoms with Crippen LogP contribution in [-0.4, -0.2) is 24.6 Å². The molecule has 0 saturated heterocycles. The molecule has 2 rings (SSSR count). The van der Waals surface area contributed by atoms with E-state index in [0.717, 1.165) is 27.5 Å². The second kappa shape index (κ2) is 6.14. The molecule has 9 heteroatoms. The van der Waals surface area contributed by atoms with Crippen LogP contribution in [0, 0.1) is 0 Å². The minimum atomic E-state index is -3.86. The Morgan fingerprint density at radius 2 is 2.05 bits per heavy atom. The minimum Gasteiger partial charge on any atom is -0.507 e.